The number of hydrogen-bond acceptors (Lipinski definition) is 7. The molecule has 144 valence electrons. The van der Waals surface area contributed by atoms with E-state index in [1.165, 1.54) is 23.5 Å². The smallest absolute Gasteiger partial charge is 0.270 e. The third-order valence-electron chi connectivity index (χ3n) is 3.67. The summed E-state index contributed by atoms with van der Waals surface area (Å²) in [6.07, 6.45) is 2.14. The molecule has 0 aliphatic carbocycles. The minimum atomic E-state index is -0.581. The number of H-pyrrole nitrogens is 1. The zero-order valence-electron chi connectivity index (χ0n) is 14.2. The molecule has 0 spiro atoms. The third kappa shape index (κ3) is 4.32. The van der Waals surface area contributed by atoms with Gasteiger partial charge in [-0.3, -0.25) is 29.9 Å². The van der Waals surface area contributed by atoms with Crippen LogP contribution >= 0.6 is 35.2 Å². The van der Waals surface area contributed by atoms with Crippen LogP contribution in [0.2, 0.25) is 5.02 Å². The first kappa shape index (κ1) is 19.9. The van der Waals surface area contributed by atoms with Crippen molar-refractivity contribution in [1.29, 1.82) is 0 Å². The second kappa shape index (κ2) is 8.42. The van der Waals surface area contributed by atoms with Crippen molar-refractivity contribution in [1.82, 2.24) is 19.7 Å². The molecule has 1 amide bonds. The highest BCUT2D eigenvalue weighted by molar-refractivity contribution is 7.71. The van der Waals surface area contributed by atoms with E-state index in [1.807, 2.05) is 0 Å². The number of carbonyl (C=O) groups excluding carboxylic acids is 1. The van der Waals surface area contributed by atoms with Gasteiger partial charge in [0.15, 0.2) is 9.90 Å². The Bertz CT molecular complexity index is 1120. The third-order valence-corrected chi connectivity index (χ3v) is 5.10. The van der Waals surface area contributed by atoms with Gasteiger partial charge in [0.25, 0.3) is 11.6 Å². The summed E-state index contributed by atoms with van der Waals surface area (Å²) in [4.78, 5) is 26.9. The van der Waals surface area contributed by atoms with Gasteiger partial charge in [-0.2, -0.15) is 5.10 Å². The van der Waals surface area contributed by atoms with E-state index < -0.39 is 10.8 Å². The van der Waals surface area contributed by atoms with Gasteiger partial charge >= 0.3 is 0 Å². The molecule has 0 radical (unpaired) electrons. The predicted octanol–water partition coefficient (Wildman–Crippen LogP) is 3.99. The van der Waals surface area contributed by atoms with Crippen molar-refractivity contribution in [3.8, 4) is 0 Å². The molecule has 2 aromatic heterocycles. The van der Waals surface area contributed by atoms with Crippen LogP contribution in [0.4, 0.5) is 10.8 Å². The van der Waals surface area contributed by atoms with E-state index in [0.717, 1.165) is 6.07 Å². The van der Waals surface area contributed by atoms with E-state index in [-0.39, 0.29) is 16.3 Å². The first-order valence-corrected chi connectivity index (χ1v) is 9.50. The minimum absolute atomic E-state index is 0.0107. The van der Waals surface area contributed by atoms with E-state index in [2.05, 4.69) is 27.1 Å². The van der Waals surface area contributed by atoms with E-state index in [9.17, 15) is 14.9 Å². The molecule has 0 saturated carbocycles. The maximum atomic E-state index is 12.4. The van der Waals surface area contributed by atoms with Crippen molar-refractivity contribution >= 4 is 51.9 Å². The van der Waals surface area contributed by atoms with Gasteiger partial charge in [-0.1, -0.05) is 17.7 Å². The Morgan fingerprint density at radius 2 is 2.32 bits per heavy atom. The van der Waals surface area contributed by atoms with Crippen LogP contribution < -0.4 is 5.32 Å². The highest BCUT2D eigenvalue weighted by Gasteiger charge is 2.17. The van der Waals surface area contributed by atoms with Gasteiger partial charge < -0.3 is 0 Å². The summed E-state index contributed by atoms with van der Waals surface area (Å²) in [5, 5.41) is 22.5. The van der Waals surface area contributed by atoms with E-state index in [1.54, 1.807) is 16.0 Å². The molecule has 0 saturated heterocycles. The van der Waals surface area contributed by atoms with E-state index in [4.69, 9.17) is 23.8 Å². The summed E-state index contributed by atoms with van der Waals surface area (Å²) in [5.74, 6) is 0.196. The number of nitro groups is 1. The first-order valence-electron chi connectivity index (χ1n) is 7.83. The van der Waals surface area contributed by atoms with Crippen LogP contribution in [-0.2, 0) is 13.0 Å². The minimum Gasteiger partial charge on any atom is -0.300 e. The Labute approximate surface area is 172 Å². The van der Waals surface area contributed by atoms with Crippen LogP contribution in [-0.4, -0.2) is 30.6 Å². The number of rotatable bonds is 7. The number of benzene rings is 1. The molecule has 0 unspecified atom stereocenters. The number of allylic oxidation sites excluding steroid dienone is 1. The molecule has 2 N–H and O–H groups in total. The van der Waals surface area contributed by atoms with Crippen molar-refractivity contribution in [2.75, 3.05) is 5.32 Å². The molecule has 9 nitrogen and oxygen atoms in total. The lowest BCUT2D eigenvalue weighted by Crippen LogP contribution is -2.12. The molecule has 3 rings (SSSR count). The number of amides is 1. The zero-order valence-corrected chi connectivity index (χ0v) is 16.6. The number of aromatic nitrogens is 4. The fourth-order valence-electron chi connectivity index (χ4n) is 2.38. The Balaban J connectivity index is 1.73. The molecule has 2 heterocycles. The number of carbonyl (C=O) groups is 1. The van der Waals surface area contributed by atoms with Gasteiger partial charge in [-0.15, -0.1) is 17.9 Å². The zero-order chi connectivity index (χ0) is 20.3. The lowest BCUT2D eigenvalue weighted by molar-refractivity contribution is -0.384. The average Bonchev–Trinajstić information content (AvgIpc) is 3.23. The summed E-state index contributed by atoms with van der Waals surface area (Å²) in [5.41, 5.74) is 0.635. The number of non-ortho nitro benzene ring substituents is 1. The van der Waals surface area contributed by atoms with Crippen molar-refractivity contribution in [3.63, 3.8) is 0 Å². The SMILES string of the molecule is C=CCn1c(Cc2csc(NC(=O)c3ccc([N+](=O)[O-])cc3Cl)n2)n[nH]c1=S. The van der Waals surface area contributed by atoms with Crippen LogP contribution in [0.5, 0.6) is 0 Å². The number of nitro benzene ring substituents is 1. The molecule has 3 aromatic rings. The van der Waals surface area contributed by atoms with Crippen LogP contribution in [0.1, 0.15) is 21.9 Å². The topological polar surface area (TPSA) is 119 Å². The number of nitrogens with zero attached hydrogens (tertiary/aromatic N) is 4. The van der Waals surface area contributed by atoms with E-state index in [0.29, 0.717) is 34.4 Å². The van der Waals surface area contributed by atoms with Crippen LogP contribution in [0.15, 0.2) is 36.2 Å². The molecule has 0 bridgehead atoms. The molecule has 28 heavy (non-hydrogen) atoms. The van der Waals surface area contributed by atoms with Crippen LogP contribution in [0, 0.1) is 14.9 Å². The maximum absolute atomic E-state index is 12.4. The number of thiazole rings is 1. The van der Waals surface area contributed by atoms with Gasteiger partial charge in [0.05, 0.1) is 27.6 Å². The second-order valence-corrected chi connectivity index (χ2v) is 7.19. The number of halogens is 1. The lowest BCUT2D eigenvalue weighted by Gasteiger charge is -2.04. The highest BCUT2D eigenvalue weighted by Crippen LogP contribution is 2.24. The number of nitrogens with one attached hydrogen (secondary N) is 2. The molecule has 0 atom stereocenters. The molecule has 0 fully saturated rings. The van der Waals surface area contributed by atoms with Crippen molar-refractivity contribution in [2.24, 2.45) is 0 Å². The van der Waals surface area contributed by atoms with Gasteiger partial charge in [0, 0.05) is 24.1 Å². The van der Waals surface area contributed by atoms with Gasteiger partial charge in [-0.05, 0) is 18.3 Å². The number of anilines is 1. The Hall–Kier alpha value is -2.89. The Morgan fingerprint density at radius 3 is 3.00 bits per heavy atom. The summed E-state index contributed by atoms with van der Waals surface area (Å²) < 4.78 is 2.29. The molecule has 1 aromatic carbocycles. The number of hydrogen-bond donors (Lipinski definition) is 2. The Kier molecular flexibility index (Phi) is 5.97. The van der Waals surface area contributed by atoms with Gasteiger partial charge in [0.2, 0.25) is 0 Å². The quantitative estimate of drug-likeness (QED) is 0.250. The number of aromatic amines is 1. The summed E-state index contributed by atoms with van der Waals surface area (Å²) in [6, 6.07) is 3.65. The molecule has 12 heteroatoms. The molecular formula is C16H13ClN6O3S2. The summed E-state index contributed by atoms with van der Waals surface area (Å²) in [7, 11) is 0. The van der Waals surface area contributed by atoms with Gasteiger partial charge in [-0.25, -0.2) is 4.98 Å². The standard InChI is InChI=1S/C16H13ClN6O3S2/c1-2-5-22-13(20-21-16(22)27)6-9-8-28-15(18-9)19-14(24)11-4-3-10(23(25)26)7-12(11)17/h2-4,7-8H,1,5-6H2,(H,21,27)(H,18,19,24). The summed E-state index contributed by atoms with van der Waals surface area (Å²) in [6.45, 7) is 4.22. The molecular weight excluding hydrogens is 424 g/mol. The van der Waals surface area contributed by atoms with Crippen molar-refractivity contribution < 1.29 is 9.72 Å². The van der Waals surface area contributed by atoms with Crippen LogP contribution in [0.3, 0.4) is 0 Å². The first-order chi connectivity index (χ1) is 13.4. The monoisotopic (exact) mass is 436 g/mol. The summed E-state index contributed by atoms with van der Waals surface area (Å²) >= 11 is 12.4. The highest BCUT2D eigenvalue weighted by atomic mass is 35.5. The fourth-order valence-corrected chi connectivity index (χ4v) is 3.57. The molecule has 0 aliphatic rings. The normalized spacial score (nSPS) is 10.6. The fraction of sp³-hybridized carbons (Fsp3) is 0.125. The maximum Gasteiger partial charge on any atom is 0.270 e. The predicted molar refractivity (Wildman–Crippen MR) is 109 cm³/mol. The van der Waals surface area contributed by atoms with Crippen LogP contribution in [0.25, 0.3) is 0 Å². The largest absolute Gasteiger partial charge is 0.300 e. The Morgan fingerprint density at radius 1 is 1.54 bits per heavy atom. The van der Waals surface area contributed by atoms with Crippen molar-refractivity contribution in [3.05, 3.63) is 73.2 Å². The second-order valence-electron chi connectivity index (χ2n) is 5.54. The van der Waals surface area contributed by atoms with Crippen molar-refractivity contribution in [2.45, 2.75) is 13.0 Å². The van der Waals surface area contributed by atoms with E-state index >= 15 is 0 Å². The van der Waals surface area contributed by atoms with Gasteiger partial charge in [0.1, 0.15) is 5.82 Å². The lowest BCUT2D eigenvalue weighted by atomic mass is 10.2. The average molecular weight is 437 g/mol. The molecule has 0 aliphatic heterocycles.